The SMILES string of the molecule is CC[C@@H](Oc1ccccc1Cl)C(=O)N(C)Cc1nc(-c2cccc(OC)c2)no1. The minimum absolute atomic E-state index is 0.165. The van der Waals surface area contributed by atoms with Crippen molar-refractivity contribution in [1.29, 1.82) is 0 Å². The Morgan fingerprint density at radius 2 is 2.03 bits per heavy atom. The highest BCUT2D eigenvalue weighted by Crippen LogP contribution is 2.25. The largest absolute Gasteiger partial charge is 0.497 e. The quantitative estimate of drug-likeness (QED) is 0.548. The molecule has 29 heavy (non-hydrogen) atoms. The Bertz CT molecular complexity index is 976. The number of likely N-dealkylation sites (N-methyl/N-ethyl adjacent to an activating group) is 1. The maximum Gasteiger partial charge on any atom is 0.263 e. The molecule has 2 aromatic carbocycles. The molecule has 0 fully saturated rings. The molecule has 8 heteroatoms. The van der Waals surface area contributed by atoms with Gasteiger partial charge in [0.2, 0.25) is 11.7 Å². The lowest BCUT2D eigenvalue weighted by Crippen LogP contribution is -2.39. The van der Waals surface area contributed by atoms with E-state index in [1.54, 1.807) is 38.4 Å². The Labute approximate surface area is 174 Å². The molecular formula is C21H22ClN3O4. The Hall–Kier alpha value is -3.06. The molecule has 0 unspecified atom stereocenters. The molecule has 0 bridgehead atoms. The normalized spacial score (nSPS) is 11.7. The van der Waals surface area contributed by atoms with Gasteiger partial charge < -0.3 is 18.9 Å². The van der Waals surface area contributed by atoms with Crippen molar-refractivity contribution in [3.05, 3.63) is 59.4 Å². The van der Waals surface area contributed by atoms with E-state index in [0.717, 1.165) is 5.56 Å². The molecule has 0 radical (unpaired) electrons. The summed E-state index contributed by atoms with van der Waals surface area (Å²) in [5, 5.41) is 4.45. The van der Waals surface area contributed by atoms with Crippen LogP contribution in [-0.4, -0.2) is 41.2 Å². The molecule has 0 aliphatic carbocycles. The van der Waals surface area contributed by atoms with E-state index in [9.17, 15) is 4.79 Å². The number of halogens is 1. The van der Waals surface area contributed by atoms with Crippen LogP contribution in [0.25, 0.3) is 11.4 Å². The van der Waals surface area contributed by atoms with Crippen LogP contribution in [0.1, 0.15) is 19.2 Å². The monoisotopic (exact) mass is 415 g/mol. The lowest BCUT2D eigenvalue weighted by atomic mass is 10.2. The van der Waals surface area contributed by atoms with Gasteiger partial charge in [0.15, 0.2) is 6.10 Å². The third-order valence-corrected chi connectivity index (χ3v) is 4.61. The molecule has 7 nitrogen and oxygen atoms in total. The van der Waals surface area contributed by atoms with E-state index in [4.69, 9.17) is 25.6 Å². The summed E-state index contributed by atoms with van der Waals surface area (Å²) in [6.07, 6.45) is -0.173. The predicted molar refractivity (Wildman–Crippen MR) is 109 cm³/mol. The van der Waals surface area contributed by atoms with Gasteiger partial charge in [-0.3, -0.25) is 4.79 Å². The minimum atomic E-state index is -0.666. The fraction of sp³-hybridized carbons (Fsp3) is 0.286. The number of para-hydroxylation sites is 1. The molecule has 1 aromatic heterocycles. The summed E-state index contributed by atoms with van der Waals surface area (Å²) in [4.78, 5) is 18.7. The second kappa shape index (κ2) is 9.43. The van der Waals surface area contributed by atoms with Gasteiger partial charge in [0, 0.05) is 12.6 Å². The number of carbonyl (C=O) groups is 1. The van der Waals surface area contributed by atoms with Gasteiger partial charge in [-0.15, -0.1) is 0 Å². The second-order valence-corrected chi connectivity index (χ2v) is 6.79. The average Bonchev–Trinajstić information content (AvgIpc) is 3.21. The number of carbonyl (C=O) groups excluding carboxylic acids is 1. The van der Waals surface area contributed by atoms with E-state index in [1.807, 2.05) is 31.2 Å². The van der Waals surface area contributed by atoms with Crippen LogP contribution in [0.5, 0.6) is 11.5 Å². The van der Waals surface area contributed by atoms with E-state index in [0.29, 0.717) is 34.7 Å². The molecule has 0 aliphatic heterocycles. The summed E-state index contributed by atoms with van der Waals surface area (Å²) in [7, 11) is 3.26. The maximum absolute atomic E-state index is 12.8. The number of methoxy groups -OCH3 is 1. The first kappa shape index (κ1) is 20.7. The molecule has 1 heterocycles. The smallest absolute Gasteiger partial charge is 0.263 e. The van der Waals surface area contributed by atoms with Gasteiger partial charge >= 0.3 is 0 Å². The van der Waals surface area contributed by atoms with Crippen molar-refractivity contribution in [2.24, 2.45) is 0 Å². The standard InChI is InChI=1S/C21H22ClN3O4/c1-4-17(28-18-11-6-5-10-16(18)22)21(26)25(2)13-19-23-20(24-29-19)14-8-7-9-15(12-14)27-3/h5-12,17H,4,13H2,1-3H3/t17-/m1/s1. The van der Waals surface area contributed by atoms with E-state index < -0.39 is 6.10 Å². The number of hydrogen-bond acceptors (Lipinski definition) is 6. The van der Waals surface area contributed by atoms with Crippen molar-refractivity contribution < 1.29 is 18.8 Å². The van der Waals surface area contributed by atoms with Gasteiger partial charge in [0.05, 0.1) is 18.7 Å². The van der Waals surface area contributed by atoms with E-state index in [-0.39, 0.29) is 12.5 Å². The van der Waals surface area contributed by atoms with Gasteiger partial charge in [-0.25, -0.2) is 0 Å². The highest BCUT2D eigenvalue weighted by atomic mass is 35.5. The average molecular weight is 416 g/mol. The molecule has 0 saturated carbocycles. The Morgan fingerprint density at radius 1 is 1.24 bits per heavy atom. The Balaban J connectivity index is 1.67. The Morgan fingerprint density at radius 3 is 2.76 bits per heavy atom. The van der Waals surface area contributed by atoms with Gasteiger partial charge in [0.1, 0.15) is 11.5 Å². The molecule has 152 valence electrons. The zero-order valence-corrected chi connectivity index (χ0v) is 17.2. The summed E-state index contributed by atoms with van der Waals surface area (Å²) < 4.78 is 16.3. The second-order valence-electron chi connectivity index (χ2n) is 6.38. The molecule has 1 atom stereocenters. The van der Waals surface area contributed by atoms with Gasteiger partial charge in [-0.2, -0.15) is 4.98 Å². The summed E-state index contributed by atoms with van der Waals surface area (Å²) in [6.45, 7) is 2.04. The van der Waals surface area contributed by atoms with Crippen LogP contribution in [0.4, 0.5) is 0 Å². The number of amides is 1. The molecule has 0 spiro atoms. The predicted octanol–water partition coefficient (Wildman–Crippen LogP) is 4.21. The summed E-state index contributed by atoms with van der Waals surface area (Å²) in [6, 6.07) is 14.4. The van der Waals surface area contributed by atoms with Gasteiger partial charge in [0.25, 0.3) is 5.91 Å². The van der Waals surface area contributed by atoms with Gasteiger partial charge in [-0.05, 0) is 30.7 Å². The number of aromatic nitrogens is 2. The highest BCUT2D eigenvalue weighted by molar-refractivity contribution is 6.32. The molecular weight excluding hydrogens is 394 g/mol. The van der Waals surface area contributed by atoms with Crippen molar-refractivity contribution in [3.63, 3.8) is 0 Å². The molecule has 0 saturated heterocycles. The van der Waals surface area contributed by atoms with Crippen LogP contribution in [0.2, 0.25) is 5.02 Å². The molecule has 3 rings (SSSR count). The van der Waals surface area contributed by atoms with Crippen LogP contribution in [-0.2, 0) is 11.3 Å². The fourth-order valence-corrected chi connectivity index (χ4v) is 2.91. The van der Waals surface area contributed by atoms with Crippen LogP contribution in [0.15, 0.2) is 53.1 Å². The Kier molecular flexibility index (Phi) is 6.72. The van der Waals surface area contributed by atoms with Crippen molar-refractivity contribution >= 4 is 17.5 Å². The van der Waals surface area contributed by atoms with Crippen molar-refractivity contribution in [2.45, 2.75) is 26.0 Å². The van der Waals surface area contributed by atoms with E-state index >= 15 is 0 Å². The molecule has 0 aliphatic rings. The topological polar surface area (TPSA) is 77.7 Å². The van der Waals surface area contributed by atoms with Crippen molar-refractivity contribution in [2.75, 3.05) is 14.2 Å². The summed E-state index contributed by atoms with van der Waals surface area (Å²) in [5.41, 5.74) is 0.766. The molecule has 3 aromatic rings. The van der Waals surface area contributed by atoms with Crippen LogP contribution < -0.4 is 9.47 Å². The highest BCUT2D eigenvalue weighted by Gasteiger charge is 2.24. The number of rotatable bonds is 8. The molecule has 0 N–H and O–H groups in total. The third-order valence-electron chi connectivity index (χ3n) is 4.30. The first-order chi connectivity index (χ1) is 14.0. The first-order valence-electron chi connectivity index (χ1n) is 9.15. The van der Waals surface area contributed by atoms with E-state index in [2.05, 4.69) is 10.1 Å². The van der Waals surface area contributed by atoms with Crippen LogP contribution in [0, 0.1) is 0 Å². The lowest BCUT2D eigenvalue weighted by Gasteiger charge is -2.23. The first-order valence-corrected chi connectivity index (χ1v) is 9.52. The summed E-state index contributed by atoms with van der Waals surface area (Å²) in [5.74, 6) is 1.73. The number of benzene rings is 2. The number of hydrogen-bond donors (Lipinski definition) is 0. The van der Waals surface area contributed by atoms with Crippen molar-refractivity contribution in [3.8, 4) is 22.9 Å². The number of ether oxygens (including phenoxy) is 2. The number of nitrogens with zero attached hydrogens (tertiary/aromatic N) is 3. The maximum atomic E-state index is 12.8. The zero-order valence-electron chi connectivity index (χ0n) is 16.5. The third kappa shape index (κ3) is 5.06. The molecule has 1 amide bonds. The zero-order chi connectivity index (χ0) is 20.8. The fourth-order valence-electron chi connectivity index (χ4n) is 2.73. The minimum Gasteiger partial charge on any atom is -0.497 e. The van der Waals surface area contributed by atoms with E-state index in [1.165, 1.54) is 4.90 Å². The van der Waals surface area contributed by atoms with Gasteiger partial charge in [-0.1, -0.05) is 47.9 Å². The van der Waals surface area contributed by atoms with Crippen LogP contribution >= 0.6 is 11.6 Å². The van der Waals surface area contributed by atoms with Crippen molar-refractivity contribution in [1.82, 2.24) is 15.0 Å². The summed E-state index contributed by atoms with van der Waals surface area (Å²) >= 11 is 6.13. The van der Waals surface area contributed by atoms with Crippen LogP contribution in [0.3, 0.4) is 0 Å². The lowest BCUT2D eigenvalue weighted by molar-refractivity contribution is -0.138.